The van der Waals surface area contributed by atoms with E-state index in [2.05, 4.69) is 10.3 Å². The maximum Gasteiger partial charge on any atom is 0.184 e. The second-order valence-corrected chi connectivity index (χ2v) is 4.19. The molecule has 1 heterocycles. The average Bonchev–Trinajstić information content (AvgIpc) is 2.33. The van der Waals surface area contributed by atoms with E-state index in [9.17, 15) is 0 Å². The number of nitrogens with zero attached hydrogens (tertiary/aromatic N) is 1. The van der Waals surface area contributed by atoms with Crippen LogP contribution in [0.1, 0.15) is 12.8 Å². The van der Waals surface area contributed by atoms with E-state index in [0.29, 0.717) is 11.2 Å². The molecule has 12 heavy (non-hydrogen) atoms. The summed E-state index contributed by atoms with van der Waals surface area (Å²) in [5.74, 6) is 0. The molecular formula is C7H9ClN2OS. The highest BCUT2D eigenvalue weighted by atomic mass is 35.5. The number of hydrogen-bond acceptors (Lipinski definition) is 4. The number of hydrogen-bond donors (Lipinski definition) is 2. The van der Waals surface area contributed by atoms with Crippen LogP contribution in [0, 0.1) is 0 Å². The van der Waals surface area contributed by atoms with E-state index in [1.807, 2.05) is 0 Å². The van der Waals surface area contributed by atoms with Crippen molar-refractivity contribution in [3.8, 4) is 0 Å². The van der Waals surface area contributed by atoms with Crippen LogP contribution in [0.2, 0.25) is 5.15 Å². The highest BCUT2D eigenvalue weighted by Crippen LogP contribution is 2.26. The minimum absolute atomic E-state index is 0.127. The first-order valence-electron chi connectivity index (χ1n) is 3.79. The molecule has 5 heteroatoms. The lowest BCUT2D eigenvalue weighted by molar-refractivity contribution is 0.0836. The number of rotatable bonds is 2. The van der Waals surface area contributed by atoms with Crippen molar-refractivity contribution in [2.45, 2.75) is 25.0 Å². The van der Waals surface area contributed by atoms with Crippen LogP contribution in [-0.4, -0.2) is 22.2 Å². The second kappa shape index (κ2) is 3.20. The van der Waals surface area contributed by atoms with Crippen LogP contribution in [0.15, 0.2) is 5.38 Å². The molecule has 0 atom stereocenters. The van der Waals surface area contributed by atoms with Gasteiger partial charge in [-0.1, -0.05) is 11.6 Å². The van der Waals surface area contributed by atoms with Gasteiger partial charge in [-0.3, -0.25) is 0 Å². The summed E-state index contributed by atoms with van der Waals surface area (Å²) in [6, 6.07) is 0.377. The molecule has 0 amide bonds. The Labute approximate surface area is 79.4 Å². The molecule has 1 aliphatic rings. The van der Waals surface area contributed by atoms with Gasteiger partial charge in [0.1, 0.15) is 5.15 Å². The zero-order valence-electron chi connectivity index (χ0n) is 6.33. The molecule has 0 bridgehead atoms. The predicted molar refractivity (Wildman–Crippen MR) is 49.8 cm³/mol. The van der Waals surface area contributed by atoms with Crippen molar-refractivity contribution in [1.82, 2.24) is 4.98 Å². The summed E-state index contributed by atoms with van der Waals surface area (Å²) in [4.78, 5) is 4.05. The summed E-state index contributed by atoms with van der Waals surface area (Å²) in [5.41, 5.74) is 0. The monoisotopic (exact) mass is 204 g/mol. The van der Waals surface area contributed by atoms with Crippen molar-refractivity contribution in [2.24, 2.45) is 0 Å². The third-order valence-corrected chi connectivity index (χ3v) is 3.01. The van der Waals surface area contributed by atoms with Gasteiger partial charge in [-0.2, -0.15) is 0 Å². The Hall–Kier alpha value is -0.320. The molecule has 1 saturated carbocycles. The molecule has 1 aliphatic carbocycles. The van der Waals surface area contributed by atoms with E-state index in [1.54, 1.807) is 5.38 Å². The van der Waals surface area contributed by atoms with E-state index in [4.69, 9.17) is 16.7 Å². The summed E-state index contributed by atoms with van der Waals surface area (Å²) >= 11 is 7.14. The zero-order valence-corrected chi connectivity index (χ0v) is 7.90. The molecule has 0 aromatic carbocycles. The number of anilines is 1. The summed E-state index contributed by atoms with van der Waals surface area (Å²) in [6.07, 6.45) is 1.51. The van der Waals surface area contributed by atoms with Crippen molar-refractivity contribution < 1.29 is 5.11 Å². The maximum absolute atomic E-state index is 9.02. The lowest BCUT2D eigenvalue weighted by atomic mass is 9.90. The minimum Gasteiger partial charge on any atom is -0.393 e. The minimum atomic E-state index is -0.127. The molecule has 1 aromatic rings. The topological polar surface area (TPSA) is 45.1 Å². The fourth-order valence-electron chi connectivity index (χ4n) is 1.20. The molecule has 1 aromatic heterocycles. The van der Waals surface area contributed by atoms with Gasteiger partial charge in [0.2, 0.25) is 0 Å². The molecule has 2 rings (SSSR count). The van der Waals surface area contributed by atoms with Crippen LogP contribution >= 0.6 is 22.9 Å². The first-order valence-corrected chi connectivity index (χ1v) is 5.05. The molecule has 3 nitrogen and oxygen atoms in total. The second-order valence-electron chi connectivity index (χ2n) is 2.94. The maximum atomic E-state index is 9.02. The van der Waals surface area contributed by atoms with Crippen LogP contribution in [0.25, 0.3) is 0 Å². The van der Waals surface area contributed by atoms with Gasteiger partial charge in [0, 0.05) is 11.4 Å². The van der Waals surface area contributed by atoms with Gasteiger partial charge in [-0.25, -0.2) is 4.98 Å². The van der Waals surface area contributed by atoms with Crippen molar-refractivity contribution in [1.29, 1.82) is 0 Å². The van der Waals surface area contributed by atoms with Gasteiger partial charge >= 0.3 is 0 Å². The van der Waals surface area contributed by atoms with E-state index >= 15 is 0 Å². The van der Waals surface area contributed by atoms with E-state index in [1.165, 1.54) is 11.3 Å². The molecule has 2 N–H and O–H groups in total. The predicted octanol–water partition coefficient (Wildman–Crippen LogP) is 1.73. The lowest BCUT2D eigenvalue weighted by Crippen LogP contribution is -2.38. The lowest BCUT2D eigenvalue weighted by Gasteiger charge is -2.31. The van der Waals surface area contributed by atoms with Gasteiger partial charge in [0.25, 0.3) is 0 Å². The third-order valence-electron chi connectivity index (χ3n) is 1.92. The van der Waals surface area contributed by atoms with Crippen molar-refractivity contribution in [3.63, 3.8) is 0 Å². The smallest absolute Gasteiger partial charge is 0.184 e. The number of thiazole rings is 1. The standard InChI is InChI=1S/C7H9ClN2OS/c8-6-3-12-7(10-6)9-4-1-5(11)2-4/h3-5,11H,1-2H2,(H,9,10). The largest absolute Gasteiger partial charge is 0.393 e. The van der Waals surface area contributed by atoms with Gasteiger partial charge in [-0.15, -0.1) is 11.3 Å². The Morgan fingerprint density at radius 3 is 2.92 bits per heavy atom. The Morgan fingerprint density at radius 2 is 2.42 bits per heavy atom. The first kappa shape index (κ1) is 8.29. The highest BCUT2D eigenvalue weighted by molar-refractivity contribution is 7.14. The number of aromatic nitrogens is 1. The number of nitrogens with one attached hydrogen (secondary N) is 1. The average molecular weight is 205 g/mol. The SMILES string of the molecule is OC1CC(Nc2nc(Cl)cs2)C1. The van der Waals surface area contributed by atoms with Crippen molar-refractivity contribution in [2.75, 3.05) is 5.32 Å². The summed E-state index contributed by atoms with van der Waals surface area (Å²) in [6.45, 7) is 0. The molecule has 0 unspecified atom stereocenters. The number of halogens is 1. The molecule has 0 aliphatic heterocycles. The van der Waals surface area contributed by atoms with Crippen molar-refractivity contribution >= 4 is 28.1 Å². The fraction of sp³-hybridized carbons (Fsp3) is 0.571. The molecule has 1 fully saturated rings. The highest BCUT2D eigenvalue weighted by Gasteiger charge is 2.27. The van der Waals surface area contributed by atoms with E-state index < -0.39 is 0 Å². The normalized spacial score (nSPS) is 28.2. The number of aliphatic hydroxyl groups excluding tert-OH is 1. The van der Waals surface area contributed by atoms with Gasteiger partial charge in [0.15, 0.2) is 5.13 Å². The van der Waals surface area contributed by atoms with Gasteiger partial charge in [-0.05, 0) is 12.8 Å². The van der Waals surface area contributed by atoms with Crippen molar-refractivity contribution in [3.05, 3.63) is 10.5 Å². The zero-order chi connectivity index (χ0) is 8.55. The van der Waals surface area contributed by atoms with Crippen LogP contribution in [-0.2, 0) is 0 Å². The molecule has 0 saturated heterocycles. The molecule has 66 valence electrons. The Bertz CT molecular complexity index is 272. The summed E-state index contributed by atoms with van der Waals surface area (Å²) in [5, 5.41) is 15.4. The number of aliphatic hydroxyl groups is 1. The summed E-state index contributed by atoms with van der Waals surface area (Å²) in [7, 11) is 0. The Morgan fingerprint density at radius 1 is 1.67 bits per heavy atom. The van der Waals surface area contributed by atoms with Crippen LogP contribution in [0.5, 0.6) is 0 Å². The molecular weight excluding hydrogens is 196 g/mol. The Balaban J connectivity index is 1.88. The Kier molecular flexibility index (Phi) is 2.21. The molecule has 0 radical (unpaired) electrons. The summed E-state index contributed by atoms with van der Waals surface area (Å²) < 4.78 is 0. The molecule has 0 spiro atoms. The third kappa shape index (κ3) is 1.71. The van der Waals surface area contributed by atoms with Crippen LogP contribution in [0.3, 0.4) is 0 Å². The van der Waals surface area contributed by atoms with Gasteiger partial charge in [0.05, 0.1) is 6.10 Å². The van der Waals surface area contributed by atoms with E-state index in [-0.39, 0.29) is 6.10 Å². The quantitative estimate of drug-likeness (QED) is 0.772. The van der Waals surface area contributed by atoms with Crippen LogP contribution < -0.4 is 5.32 Å². The fourth-order valence-corrected chi connectivity index (χ4v) is 2.12. The van der Waals surface area contributed by atoms with E-state index in [0.717, 1.165) is 18.0 Å². The first-order chi connectivity index (χ1) is 5.74. The van der Waals surface area contributed by atoms with Gasteiger partial charge < -0.3 is 10.4 Å². The van der Waals surface area contributed by atoms with Crippen LogP contribution in [0.4, 0.5) is 5.13 Å².